The highest BCUT2D eigenvalue weighted by atomic mass is 16.5. The number of rotatable bonds is 3. The molecular weight excluding hydrogens is 216 g/mol. The fourth-order valence-electron chi connectivity index (χ4n) is 2.02. The maximum absolute atomic E-state index is 11.9. The maximum Gasteiger partial charge on any atom is 0.265 e. The van der Waals surface area contributed by atoms with E-state index in [-0.39, 0.29) is 12.5 Å². The minimum absolute atomic E-state index is 0.0221. The molecule has 1 aromatic rings. The first-order valence-electron chi connectivity index (χ1n) is 5.87. The van der Waals surface area contributed by atoms with Crippen LogP contribution in [0.25, 0.3) is 0 Å². The minimum atomic E-state index is 0.0221. The molecule has 0 bridgehead atoms. The van der Waals surface area contributed by atoms with Crippen LogP contribution in [0.5, 0.6) is 5.75 Å². The monoisotopic (exact) mass is 234 g/mol. The van der Waals surface area contributed by atoms with Gasteiger partial charge in [0.05, 0.1) is 5.69 Å². The Labute approximate surface area is 102 Å². The molecule has 1 aromatic carbocycles. The number of anilines is 2. The number of hydrogen-bond acceptors (Lipinski definition) is 3. The Morgan fingerprint density at radius 1 is 1.47 bits per heavy atom. The van der Waals surface area contributed by atoms with Crippen molar-refractivity contribution in [2.75, 3.05) is 30.4 Å². The van der Waals surface area contributed by atoms with Gasteiger partial charge in [0.25, 0.3) is 5.91 Å². The summed E-state index contributed by atoms with van der Waals surface area (Å²) in [6.07, 6.45) is 0. The van der Waals surface area contributed by atoms with E-state index < -0.39 is 0 Å². The predicted octanol–water partition coefficient (Wildman–Crippen LogP) is 2.11. The van der Waals surface area contributed by atoms with Crippen LogP contribution in [0.15, 0.2) is 18.2 Å². The first kappa shape index (κ1) is 11.8. The molecule has 0 saturated carbocycles. The van der Waals surface area contributed by atoms with Crippen LogP contribution in [-0.4, -0.2) is 26.1 Å². The average molecular weight is 234 g/mol. The summed E-state index contributed by atoms with van der Waals surface area (Å²) in [6.45, 7) is 5.05. The van der Waals surface area contributed by atoms with Crippen LogP contribution in [-0.2, 0) is 4.79 Å². The van der Waals surface area contributed by atoms with E-state index in [0.717, 1.165) is 17.1 Å². The molecule has 4 heteroatoms. The summed E-state index contributed by atoms with van der Waals surface area (Å²) in [6, 6.07) is 5.78. The van der Waals surface area contributed by atoms with Crippen molar-refractivity contribution < 1.29 is 9.53 Å². The van der Waals surface area contributed by atoms with Gasteiger partial charge in [-0.2, -0.15) is 0 Å². The van der Waals surface area contributed by atoms with Crippen LogP contribution in [0.1, 0.15) is 13.8 Å². The minimum Gasteiger partial charge on any atom is -0.481 e. The molecule has 1 amide bonds. The van der Waals surface area contributed by atoms with Crippen LogP contribution < -0.4 is 15.0 Å². The lowest BCUT2D eigenvalue weighted by atomic mass is 10.1. The van der Waals surface area contributed by atoms with Crippen molar-refractivity contribution in [1.82, 2.24) is 0 Å². The van der Waals surface area contributed by atoms with Gasteiger partial charge in [-0.15, -0.1) is 0 Å². The van der Waals surface area contributed by atoms with Gasteiger partial charge >= 0.3 is 0 Å². The molecule has 0 fully saturated rings. The third-order valence-electron chi connectivity index (χ3n) is 2.74. The van der Waals surface area contributed by atoms with Crippen LogP contribution in [0.2, 0.25) is 0 Å². The second-order valence-corrected chi connectivity index (χ2v) is 4.59. The standard InChI is InChI=1S/C13H18N2O2/c1-9(2)7-15-12(16)8-17-11-6-4-5-10(14-3)13(11)15/h4-6,9,14H,7-8H2,1-3H3. The van der Waals surface area contributed by atoms with Crippen molar-refractivity contribution in [3.8, 4) is 5.75 Å². The number of carbonyl (C=O) groups excluding carboxylic acids is 1. The summed E-state index contributed by atoms with van der Waals surface area (Å²) in [4.78, 5) is 13.7. The second-order valence-electron chi connectivity index (χ2n) is 4.59. The van der Waals surface area contributed by atoms with E-state index in [2.05, 4.69) is 19.2 Å². The van der Waals surface area contributed by atoms with Gasteiger partial charge in [0.2, 0.25) is 0 Å². The number of hydrogen-bond donors (Lipinski definition) is 1. The normalized spacial score (nSPS) is 14.6. The van der Waals surface area contributed by atoms with Crippen molar-refractivity contribution in [3.63, 3.8) is 0 Å². The fourth-order valence-corrected chi connectivity index (χ4v) is 2.02. The van der Waals surface area contributed by atoms with Gasteiger partial charge in [-0.1, -0.05) is 19.9 Å². The van der Waals surface area contributed by atoms with E-state index in [4.69, 9.17) is 4.74 Å². The first-order chi connectivity index (χ1) is 8.13. The van der Waals surface area contributed by atoms with Gasteiger partial charge in [-0.05, 0) is 18.1 Å². The van der Waals surface area contributed by atoms with E-state index >= 15 is 0 Å². The predicted molar refractivity (Wildman–Crippen MR) is 68.7 cm³/mol. The largest absolute Gasteiger partial charge is 0.481 e. The lowest BCUT2D eigenvalue weighted by Crippen LogP contribution is -2.41. The quantitative estimate of drug-likeness (QED) is 0.871. The Morgan fingerprint density at radius 2 is 2.24 bits per heavy atom. The van der Waals surface area contributed by atoms with E-state index in [1.165, 1.54) is 0 Å². The topological polar surface area (TPSA) is 41.6 Å². The van der Waals surface area contributed by atoms with Crippen LogP contribution in [0, 0.1) is 5.92 Å². The molecule has 4 nitrogen and oxygen atoms in total. The number of carbonyl (C=O) groups is 1. The Kier molecular flexibility index (Phi) is 3.22. The Bertz CT molecular complexity index is 415. The van der Waals surface area contributed by atoms with Gasteiger partial charge in [-0.3, -0.25) is 4.79 Å². The number of amides is 1. The molecule has 0 atom stereocenters. The summed E-state index contributed by atoms with van der Waals surface area (Å²) in [5.74, 6) is 1.22. The van der Waals surface area contributed by atoms with Crippen LogP contribution >= 0.6 is 0 Å². The number of para-hydroxylation sites is 1. The molecule has 0 saturated heterocycles. The van der Waals surface area contributed by atoms with Crippen LogP contribution in [0.3, 0.4) is 0 Å². The highest BCUT2D eigenvalue weighted by molar-refractivity contribution is 6.01. The van der Waals surface area contributed by atoms with Crippen molar-refractivity contribution in [2.45, 2.75) is 13.8 Å². The molecular formula is C13H18N2O2. The number of benzene rings is 1. The fraction of sp³-hybridized carbons (Fsp3) is 0.462. The summed E-state index contributed by atoms with van der Waals surface area (Å²) >= 11 is 0. The zero-order chi connectivity index (χ0) is 12.4. The lowest BCUT2D eigenvalue weighted by Gasteiger charge is -2.32. The van der Waals surface area contributed by atoms with Crippen molar-refractivity contribution >= 4 is 17.3 Å². The maximum atomic E-state index is 11.9. The Morgan fingerprint density at radius 3 is 2.88 bits per heavy atom. The van der Waals surface area contributed by atoms with E-state index in [9.17, 15) is 4.79 Å². The van der Waals surface area contributed by atoms with Crippen molar-refractivity contribution in [2.24, 2.45) is 5.92 Å². The second kappa shape index (κ2) is 4.65. The molecule has 0 aromatic heterocycles. The number of nitrogens with one attached hydrogen (secondary N) is 1. The van der Waals surface area contributed by atoms with Gasteiger partial charge in [0.15, 0.2) is 6.61 Å². The zero-order valence-electron chi connectivity index (χ0n) is 10.5. The smallest absolute Gasteiger partial charge is 0.265 e. The molecule has 0 radical (unpaired) electrons. The van der Waals surface area contributed by atoms with Crippen molar-refractivity contribution in [1.29, 1.82) is 0 Å². The molecule has 17 heavy (non-hydrogen) atoms. The summed E-state index contributed by atoms with van der Waals surface area (Å²) in [5.41, 5.74) is 1.79. The molecule has 0 aliphatic carbocycles. The first-order valence-corrected chi connectivity index (χ1v) is 5.87. The third-order valence-corrected chi connectivity index (χ3v) is 2.74. The SMILES string of the molecule is CNc1cccc2c1N(CC(C)C)C(=O)CO2. The van der Waals surface area contributed by atoms with E-state index in [1.807, 2.05) is 30.1 Å². The molecule has 0 unspecified atom stereocenters. The highest BCUT2D eigenvalue weighted by Gasteiger charge is 2.28. The van der Waals surface area contributed by atoms with Crippen LogP contribution in [0.4, 0.5) is 11.4 Å². The zero-order valence-corrected chi connectivity index (χ0v) is 10.5. The van der Waals surface area contributed by atoms with Gasteiger partial charge in [0.1, 0.15) is 11.4 Å². The summed E-state index contributed by atoms with van der Waals surface area (Å²) in [7, 11) is 1.85. The number of nitrogens with zero attached hydrogens (tertiary/aromatic N) is 1. The molecule has 1 aliphatic heterocycles. The average Bonchev–Trinajstić information content (AvgIpc) is 2.31. The van der Waals surface area contributed by atoms with Crippen molar-refractivity contribution in [3.05, 3.63) is 18.2 Å². The molecule has 1 heterocycles. The number of fused-ring (bicyclic) bond motifs is 1. The molecule has 1 N–H and O–H groups in total. The Hall–Kier alpha value is -1.71. The number of ether oxygens (including phenoxy) is 1. The van der Waals surface area contributed by atoms with Gasteiger partial charge < -0.3 is 15.0 Å². The molecule has 0 spiro atoms. The van der Waals surface area contributed by atoms with Gasteiger partial charge in [-0.25, -0.2) is 0 Å². The highest BCUT2D eigenvalue weighted by Crippen LogP contribution is 2.38. The summed E-state index contributed by atoms with van der Waals surface area (Å²) < 4.78 is 5.46. The molecule has 2 rings (SSSR count). The molecule has 1 aliphatic rings. The summed E-state index contributed by atoms with van der Waals surface area (Å²) in [5, 5.41) is 3.10. The third kappa shape index (κ3) is 2.20. The van der Waals surface area contributed by atoms with E-state index in [1.54, 1.807) is 0 Å². The lowest BCUT2D eigenvalue weighted by molar-refractivity contribution is -0.121. The molecule has 92 valence electrons. The van der Waals surface area contributed by atoms with E-state index in [0.29, 0.717) is 12.5 Å². The Balaban J connectivity index is 2.45. The van der Waals surface area contributed by atoms with Gasteiger partial charge in [0, 0.05) is 13.6 Å².